The van der Waals surface area contributed by atoms with E-state index in [2.05, 4.69) is 45.9 Å². The summed E-state index contributed by atoms with van der Waals surface area (Å²) in [5, 5.41) is 4.45. The van der Waals surface area contributed by atoms with Crippen LogP contribution >= 0.6 is 0 Å². The van der Waals surface area contributed by atoms with Gasteiger partial charge in [-0.15, -0.1) is 0 Å². The maximum Gasteiger partial charge on any atom is 0.0628 e. The molecule has 0 N–H and O–H groups in total. The van der Waals surface area contributed by atoms with E-state index in [4.69, 9.17) is 0 Å². The second kappa shape index (κ2) is 3.30. The van der Waals surface area contributed by atoms with Gasteiger partial charge in [0.25, 0.3) is 0 Å². The summed E-state index contributed by atoms with van der Waals surface area (Å²) in [5.74, 6) is 0.581. The van der Waals surface area contributed by atoms with Crippen LogP contribution in [0.2, 0.25) is 0 Å². The van der Waals surface area contributed by atoms with E-state index in [1.807, 2.05) is 4.68 Å². The van der Waals surface area contributed by atoms with Gasteiger partial charge < -0.3 is 0 Å². The molecule has 0 aromatic carbocycles. The van der Waals surface area contributed by atoms with Crippen molar-refractivity contribution in [1.29, 1.82) is 0 Å². The molecule has 0 aliphatic rings. The Morgan fingerprint density at radius 3 is 2.08 bits per heavy atom. The molecule has 0 aliphatic carbocycles. The van der Waals surface area contributed by atoms with E-state index < -0.39 is 0 Å². The number of aryl methyl sites for hydroxylation is 1. The van der Waals surface area contributed by atoms with Crippen LogP contribution in [0.4, 0.5) is 0 Å². The fourth-order valence-corrected chi connectivity index (χ4v) is 1.33. The Hall–Kier alpha value is -0.790. The molecule has 12 heavy (non-hydrogen) atoms. The predicted molar refractivity (Wildman–Crippen MR) is 51.4 cm³/mol. The van der Waals surface area contributed by atoms with Crippen molar-refractivity contribution in [2.45, 2.75) is 46.6 Å². The molecule has 2 nitrogen and oxygen atoms in total. The molecular weight excluding hydrogens is 148 g/mol. The first kappa shape index (κ1) is 9.30. The average molecular weight is 166 g/mol. The van der Waals surface area contributed by atoms with Crippen molar-refractivity contribution in [3.8, 4) is 0 Å². The van der Waals surface area contributed by atoms with Gasteiger partial charge in [0.15, 0.2) is 0 Å². The zero-order chi connectivity index (χ0) is 9.30. The molecule has 0 saturated heterocycles. The maximum atomic E-state index is 4.45. The van der Waals surface area contributed by atoms with Crippen molar-refractivity contribution in [2.24, 2.45) is 0 Å². The van der Waals surface area contributed by atoms with Crippen LogP contribution in [0.1, 0.15) is 50.9 Å². The van der Waals surface area contributed by atoms with Crippen LogP contribution in [-0.4, -0.2) is 9.78 Å². The van der Waals surface area contributed by atoms with Crippen LogP contribution in [0.15, 0.2) is 6.20 Å². The van der Waals surface area contributed by atoms with E-state index in [-0.39, 0.29) is 0 Å². The number of hydrogen-bond acceptors (Lipinski definition) is 1. The molecule has 0 unspecified atom stereocenters. The summed E-state index contributed by atoms with van der Waals surface area (Å²) in [6.45, 7) is 10.8. The molecule has 2 heteroatoms. The summed E-state index contributed by atoms with van der Waals surface area (Å²) in [4.78, 5) is 0. The minimum Gasteiger partial charge on any atom is -0.270 e. The van der Waals surface area contributed by atoms with Gasteiger partial charge in [0, 0.05) is 12.2 Å². The topological polar surface area (TPSA) is 17.8 Å². The first-order valence-electron chi connectivity index (χ1n) is 4.58. The van der Waals surface area contributed by atoms with Gasteiger partial charge in [-0.1, -0.05) is 13.8 Å². The van der Waals surface area contributed by atoms with Crippen molar-refractivity contribution in [3.05, 3.63) is 17.5 Å². The number of aromatic nitrogens is 2. The van der Waals surface area contributed by atoms with Gasteiger partial charge in [0.1, 0.15) is 0 Å². The molecule has 0 amide bonds. The van der Waals surface area contributed by atoms with E-state index in [9.17, 15) is 0 Å². The summed E-state index contributed by atoms with van der Waals surface area (Å²) in [5.41, 5.74) is 2.53. The van der Waals surface area contributed by atoms with Crippen LogP contribution in [0.3, 0.4) is 0 Å². The molecule has 1 rings (SSSR count). The first-order valence-corrected chi connectivity index (χ1v) is 4.58. The summed E-state index contributed by atoms with van der Waals surface area (Å²) < 4.78 is 2.03. The minimum atomic E-state index is 0.469. The predicted octanol–water partition coefficient (Wildman–Crippen LogP) is 2.90. The Balaban J connectivity index is 3.00. The molecule has 0 saturated carbocycles. The third-order valence-corrected chi connectivity index (χ3v) is 2.11. The smallest absolute Gasteiger partial charge is 0.0628 e. The highest BCUT2D eigenvalue weighted by molar-refractivity contribution is 5.19. The highest BCUT2D eigenvalue weighted by Crippen LogP contribution is 2.19. The van der Waals surface area contributed by atoms with E-state index in [0.717, 1.165) is 0 Å². The van der Waals surface area contributed by atoms with Crippen molar-refractivity contribution in [3.63, 3.8) is 0 Å². The molecule has 1 aromatic heterocycles. The van der Waals surface area contributed by atoms with E-state index in [1.54, 1.807) is 0 Å². The zero-order valence-corrected chi connectivity index (χ0v) is 8.63. The monoisotopic (exact) mass is 166 g/mol. The molecule has 0 bridgehead atoms. The Kier molecular flexibility index (Phi) is 2.55. The standard InChI is InChI=1S/C10H18N2/c1-7(2)10-6-12(8(3)4)11-9(10)5/h6-8H,1-5H3. The largest absolute Gasteiger partial charge is 0.270 e. The third kappa shape index (κ3) is 1.68. The molecule has 0 spiro atoms. The highest BCUT2D eigenvalue weighted by atomic mass is 15.3. The quantitative estimate of drug-likeness (QED) is 0.660. The van der Waals surface area contributed by atoms with Gasteiger partial charge in [-0.2, -0.15) is 5.10 Å². The normalized spacial score (nSPS) is 11.6. The lowest BCUT2D eigenvalue weighted by Gasteiger charge is -2.03. The van der Waals surface area contributed by atoms with Crippen LogP contribution in [0.5, 0.6) is 0 Å². The fourth-order valence-electron chi connectivity index (χ4n) is 1.33. The maximum absolute atomic E-state index is 4.45. The summed E-state index contributed by atoms with van der Waals surface area (Å²) >= 11 is 0. The number of hydrogen-bond donors (Lipinski definition) is 0. The SMILES string of the molecule is Cc1nn(C(C)C)cc1C(C)C. The molecule has 68 valence electrons. The molecule has 0 fully saturated rings. The first-order chi connectivity index (χ1) is 5.52. The molecular formula is C10H18N2. The Morgan fingerprint density at radius 2 is 1.83 bits per heavy atom. The Bertz CT molecular complexity index is 259. The van der Waals surface area contributed by atoms with Gasteiger partial charge in [0.05, 0.1) is 5.69 Å². The van der Waals surface area contributed by atoms with Crippen molar-refractivity contribution >= 4 is 0 Å². The molecule has 0 radical (unpaired) electrons. The summed E-state index contributed by atoms with van der Waals surface area (Å²) in [6, 6.07) is 0.469. The van der Waals surface area contributed by atoms with Gasteiger partial charge in [-0.25, -0.2) is 0 Å². The highest BCUT2D eigenvalue weighted by Gasteiger charge is 2.09. The third-order valence-electron chi connectivity index (χ3n) is 2.11. The molecule has 0 atom stereocenters. The van der Waals surface area contributed by atoms with Crippen LogP contribution < -0.4 is 0 Å². The Labute approximate surface area is 74.6 Å². The van der Waals surface area contributed by atoms with E-state index >= 15 is 0 Å². The van der Waals surface area contributed by atoms with Crippen molar-refractivity contribution in [2.75, 3.05) is 0 Å². The molecule has 0 aliphatic heterocycles. The van der Waals surface area contributed by atoms with E-state index in [0.29, 0.717) is 12.0 Å². The van der Waals surface area contributed by atoms with Crippen molar-refractivity contribution < 1.29 is 0 Å². The second-order valence-electron chi connectivity index (χ2n) is 3.90. The average Bonchev–Trinajstić information content (AvgIpc) is 2.30. The lowest BCUT2D eigenvalue weighted by Crippen LogP contribution is -2.00. The number of rotatable bonds is 2. The summed E-state index contributed by atoms with van der Waals surface area (Å²) in [6.07, 6.45) is 2.16. The van der Waals surface area contributed by atoms with Crippen molar-refractivity contribution in [1.82, 2.24) is 9.78 Å². The van der Waals surface area contributed by atoms with Gasteiger partial charge in [-0.3, -0.25) is 4.68 Å². The van der Waals surface area contributed by atoms with Gasteiger partial charge in [-0.05, 0) is 32.3 Å². The molecule has 1 heterocycles. The molecule has 1 aromatic rings. The minimum absolute atomic E-state index is 0.469. The van der Waals surface area contributed by atoms with E-state index in [1.165, 1.54) is 11.3 Å². The second-order valence-corrected chi connectivity index (χ2v) is 3.90. The van der Waals surface area contributed by atoms with Crippen LogP contribution in [-0.2, 0) is 0 Å². The zero-order valence-electron chi connectivity index (χ0n) is 8.63. The fraction of sp³-hybridized carbons (Fsp3) is 0.700. The Morgan fingerprint density at radius 1 is 1.25 bits per heavy atom. The van der Waals surface area contributed by atoms with Crippen LogP contribution in [0.25, 0.3) is 0 Å². The number of nitrogens with zero attached hydrogens (tertiary/aromatic N) is 2. The van der Waals surface area contributed by atoms with Gasteiger partial charge >= 0.3 is 0 Å². The lowest BCUT2D eigenvalue weighted by atomic mass is 10.1. The lowest BCUT2D eigenvalue weighted by molar-refractivity contribution is 0.528. The van der Waals surface area contributed by atoms with Crippen LogP contribution in [0, 0.1) is 6.92 Å². The van der Waals surface area contributed by atoms with Gasteiger partial charge in [0.2, 0.25) is 0 Å². The summed E-state index contributed by atoms with van der Waals surface area (Å²) in [7, 11) is 0.